The van der Waals surface area contributed by atoms with Crippen molar-refractivity contribution < 1.29 is 17.6 Å². The van der Waals surface area contributed by atoms with Crippen molar-refractivity contribution in [3.8, 4) is 0 Å². The quantitative estimate of drug-likeness (QED) is 0.471. The highest BCUT2D eigenvalue weighted by atomic mass is 19.4. The summed E-state index contributed by atoms with van der Waals surface area (Å²) >= 11 is 0. The summed E-state index contributed by atoms with van der Waals surface area (Å²) in [6, 6.07) is 5.95. The molecule has 0 aliphatic heterocycles. The predicted octanol–water partition coefficient (Wildman–Crippen LogP) is 4.90. The zero-order chi connectivity index (χ0) is 18.6. The molecule has 8 heteroatoms. The number of hydrogen-bond acceptors (Lipinski definition) is 3. The lowest BCUT2D eigenvalue weighted by Gasteiger charge is -2.14. The maximum Gasteiger partial charge on any atom is 0.433 e. The molecule has 0 atom stereocenters. The third-order valence-electron chi connectivity index (χ3n) is 3.54. The number of rotatable bonds is 5. The molecule has 0 saturated carbocycles. The van der Waals surface area contributed by atoms with Gasteiger partial charge in [-0.25, -0.2) is 14.4 Å². The number of hydrogen-bond donors (Lipinski definition) is 1. The van der Waals surface area contributed by atoms with E-state index in [1.54, 1.807) is 13.3 Å². The summed E-state index contributed by atoms with van der Waals surface area (Å²) in [6.07, 6.45) is -2.98. The first kappa shape index (κ1) is 18.7. The molecule has 1 aromatic carbocycles. The molecule has 1 heterocycles. The van der Waals surface area contributed by atoms with E-state index < -0.39 is 17.7 Å². The number of benzene rings is 1. The molecule has 0 aliphatic carbocycles. The number of pyridine rings is 1. The van der Waals surface area contributed by atoms with E-state index in [4.69, 9.17) is 0 Å². The monoisotopic (exact) mass is 354 g/mol. The maximum absolute atomic E-state index is 13.9. The third kappa shape index (κ3) is 4.91. The van der Waals surface area contributed by atoms with Crippen LogP contribution in [-0.4, -0.2) is 29.8 Å². The summed E-state index contributed by atoms with van der Waals surface area (Å²) in [5.41, 5.74) is 0.267. The molecule has 4 nitrogen and oxygen atoms in total. The van der Waals surface area contributed by atoms with Crippen molar-refractivity contribution in [1.29, 1.82) is 0 Å². The van der Waals surface area contributed by atoms with Gasteiger partial charge in [0.25, 0.3) is 0 Å². The molecular formula is C17H18F4N4. The van der Waals surface area contributed by atoms with E-state index in [0.717, 1.165) is 12.6 Å². The summed E-state index contributed by atoms with van der Waals surface area (Å²) in [5, 5.41) is 2.73. The first-order chi connectivity index (χ1) is 11.7. The highest BCUT2D eigenvalue weighted by molar-refractivity contribution is 5.71. The van der Waals surface area contributed by atoms with Gasteiger partial charge in [0, 0.05) is 19.3 Å². The van der Waals surface area contributed by atoms with Crippen LogP contribution in [0.3, 0.4) is 0 Å². The minimum absolute atomic E-state index is 0.0240. The minimum atomic E-state index is -4.55. The molecule has 2 aromatic rings. The molecule has 0 spiro atoms. The number of aliphatic imine (C=N–C) groups is 1. The second kappa shape index (κ2) is 7.50. The van der Waals surface area contributed by atoms with E-state index in [0.29, 0.717) is 16.9 Å². The number of anilines is 2. The highest BCUT2D eigenvalue weighted by Gasteiger charge is 2.32. The van der Waals surface area contributed by atoms with Gasteiger partial charge in [0.2, 0.25) is 0 Å². The summed E-state index contributed by atoms with van der Waals surface area (Å²) < 4.78 is 52.1. The van der Waals surface area contributed by atoms with Crippen molar-refractivity contribution in [3.63, 3.8) is 0 Å². The van der Waals surface area contributed by atoms with Crippen LogP contribution in [0.25, 0.3) is 0 Å². The van der Waals surface area contributed by atoms with E-state index in [1.807, 2.05) is 18.9 Å². The Kier molecular flexibility index (Phi) is 5.61. The Balaban J connectivity index is 2.34. The van der Waals surface area contributed by atoms with Crippen LogP contribution in [0.4, 0.5) is 34.8 Å². The van der Waals surface area contributed by atoms with Crippen LogP contribution in [0.2, 0.25) is 0 Å². The largest absolute Gasteiger partial charge is 0.433 e. The van der Waals surface area contributed by atoms with Crippen LogP contribution < -0.4 is 5.32 Å². The molecule has 0 aliphatic rings. The molecule has 1 N–H and O–H groups in total. The van der Waals surface area contributed by atoms with E-state index in [2.05, 4.69) is 15.3 Å². The second-order valence-electron chi connectivity index (χ2n) is 5.45. The molecule has 0 bridgehead atoms. The van der Waals surface area contributed by atoms with E-state index in [-0.39, 0.29) is 5.82 Å². The van der Waals surface area contributed by atoms with Crippen LogP contribution in [0, 0.1) is 12.7 Å². The topological polar surface area (TPSA) is 40.5 Å². The normalized spacial score (nSPS) is 11.8. The first-order valence-electron chi connectivity index (χ1n) is 7.56. The van der Waals surface area contributed by atoms with Crippen LogP contribution in [0.1, 0.15) is 18.2 Å². The fourth-order valence-electron chi connectivity index (χ4n) is 1.97. The Morgan fingerprint density at radius 1 is 1.28 bits per heavy atom. The Morgan fingerprint density at radius 3 is 2.64 bits per heavy atom. The van der Waals surface area contributed by atoms with Gasteiger partial charge >= 0.3 is 6.18 Å². The highest BCUT2D eigenvalue weighted by Crippen LogP contribution is 2.31. The number of halogens is 4. The van der Waals surface area contributed by atoms with Crippen LogP contribution in [-0.2, 0) is 6.18 Å². The predicted molar refractivity (Wildman–Crippen MR) is 90.1 cm³/mol. The Hall–Kier alpha value is -2.64. The molecule has 0 amide bonds. The van der Waals surface area contributed by atoms with Crippen LogP contribution in [0.15, 0.2) is 35.3 Å². The smallest absolute Gasteiger partial charge is 0.366 e. The molecule has 1 aromatic heterocycles. The van der Waals surface area contributed by atoms with Gasteiger partial charge in [-0.2, -0.15) is 13.2 Å². The molecule has 0 saturated heterocycles. The lowest BCUT2D eigenvalue weighted by atomic mass is 10.1. The van der Waals surface area contributed by atoms with Gasteiger partial charge in [0.15, 0.2) is 0 Å². The van der Waals surface area contributed by atoms with Gasteiger partial charge in [-0.1, -0.05) is 6.07 Å². The minimum Gasteiger partial charge on any atom is -0.366 e. The standard InChI is InChI=1S/C17H18F4N4/c1-4-25(3)10-22-13-8-12(18)9-14(11(13)2)23-16-7-5-6-15(24-16)17(19,20)21/h5-10H,4H2,1-3H3,(H,23,24). The van der Waals surface area contributed by atoms with E-state index >= 15 is 0 Å². The fourth-order valence-corrected chi connectivity index (χ4v) is 1.97. The van der Waals surface area contributed by atoms with Crippen LogP contribution >= 0.6 is 0 Å². The summed E-state index contributed by atoms with van der Waals surface area (Å²) in [4.78, 5) is 9.55. The zero-order valence-electron chi connectivity index (χ0n) is 14.0. The van der Waals surface area contributed by atoms with Crippen molar-refractivity contribution in [3.05, 3.63) is 47.4 Å². The Labute approximate surface area is 143 Å². The summed E-state index contributed by atoms with van der Waals surface area (Å²) in [6.45, 7) is 4.38. The number of aromatic nitrogens is 1. The summed E-state index contributed by atoms with van der Waals surface area (Å²) in [7, 11) is 1.82. The van der Waals surface area contributed by atoms with Gasteiger partial charge in [-0.3, -0.25) is 0 Å². The number of nitrogens with one attached hydrogen (secondary N) is 1. The zero-order valence-corrected chi connectivity index (χ0v) is 14.0. The Bertz CT molecular complexity index is 772. The van der Waals surface area contributed by atoms with Gasteiger partial charge in [-0.15, -0.1) is 0 Å². The third-order valence-corrected chi connectivity index (χ3v) is 3.54. The molecule has 0 fully saturated rings. The molecule has 134 valence electrons. The van der Waals surface area contributed by atoms with Gasteiger partial charge in [0.1, 0.15) is 17.3 Å². The first-order valence-corrected chi connectivity index (χ1v) is 7.56. The van der Waals surface area contributed by atoms with Crippen molar-refractivity contribution in [2.24, 2.45) is 4.99 Å². The average Bonchev–Trinajstić information content (AvgIpc) is 2.55. The fraction of sp³-hybridized carbons (Fsp3) is 0.294. The molecule has 2 rings (SSSR count). The lowest BCUT2D eigenvalue weighted by Crippen LogP contribution is -2.14. The lowest BCUT2D eigenvalue weighted by molar-refractivity contribution is -0.141. The molecular weight excluding hydrogens is 336 g/mol. The van der Waals surface area contributed by atoms with Gasteiger partial charge < -0.3 is 10.2 Å². The number of nitrogens with zero attached hydrogens (tertiary/aromatic N) is 3. The van der Waals surface area contributed by atoms with Crippen molar-refractivity contribution in [2.45, 2.75) is 20.0 Å². The summed E-state index contributed by atoms with van der Waals surface area (Å²) in [5.74, 6) is -0.574. The molecule has 0 radical (unpaired) electrons. The SMILES string of the molecule is CCN(C)C=Nc1cc(F)cc(Nc2cccc(C(F)(F)F)n2)c1C. The molecule has 25 heavy (non-hydrogen) atoms. The second-order valence-corrected chi connectivity index (χ2v) is 5.45. The Morgan fingerprint density at radius 2 is 2.00 bits per heavy atom. The van der Waals surface area contributed by atoms with Crippen molar-refractivity contribution >= 4 is 23.5 Å². The number of alkyl halides is 3. The van der Waals surface area contributed by atoms with E-state index in [9.17, 15) is 17.6 Å². The van der Waals surface area contributed by atoms with Crippen molar-refractivity contribution in [1.82, 2.24) is 9.88 Å². The molecule has 0 unspecified atom stereocenters. The maximum atomic E-state index is 13.9. The van der Waals surface area contributed by atoms with Gasteiger partial charge in [-0.05, 0) is 43.7 Å². The van der Waals surface area contributed by atoms with E-state index in [1.165, 1.54) is 24.3 Å². The van der Waals surface area contributed by atoms with Crippen LogP contribution in [0.5, 0.6) is 0 Å². The average molecular weight is 354 g/mol. The van der Waals surface area contributed by atoms with Gasteiger partial charge in [0.05, 0.1) is 12.0 Å². The van der Waals surface area contributed by atoms with Crippen molar-refractivity contribution in [2.75, 3.05) is 18.9 Å².